The maximum absolute atomic E-state index is 2.39. The maximum Gasteiger partial charge on any atom is 0.0133 e. The van der Waals surface area contributed by atoms with Gasteiger partial charge in [-0.3, -0.25) is 0 Å². The number of hydrogen-bond donors (Lipinski definition) is 0. The van der Waals surface area contributed by atoms with Crippen LogP contribution in [-0.2, 0) is 0 Å². The van der Waals surface area contributed by atoms with E-state index in [-0.39, 0.29) is 0 Å². The van der Waals surface area contributed by atoms with Gasteiger partial charge in [-0.2, -0.15) is 0 Å². The second kappa shape index (κ2) is 1.75. The molecule has 0 heteroatoms. The first-order valence-corrected chi connectivity index (χ1v) is 4.16. The van der Waals surface area contributed by atoms with E-state index >= 15 is 0 Å². The zero-order valence-corrected chi connectivity index (χ0v) is 6.78. The minimum atomic E-state index is 0.552. The normalized spacial score (nSPS) is 39.8. The van der Waals surface area contributed by atoms with E-state index in [1.54, 1.807) is 11.1 Å². The van der Waals surface area contributed by atoms with Gasteiger partial charge in [0.05, 0.1) is 0 Å². The fraction of sp³-hybridized carbons (Fsp3) is 0.600. The first-order chi connectivity index (χ1) is 4.77. The lowest BCUT2D eigenvalue weighted by atomic mass is 10.1. The van der Waals surface area contributed by atoms with Gasteiger partial charge in [0.25, 0.3) is 0 Å². The van der Waals surface area contributed by atoms with E-state index in [2.05, 4.69) is 26.0 Å². The minimum absolute atomic E-state index is 0.552. The van der Waals surface area contributed by atoms with Crippen molar-refractivity contribution >= 4 is 0 Å². The van der Waals surface area contributed by atoms with Crippen LogP contribution in [0, 0.1) is 5.41 Å². The lowest BCUT2D eigenvalue weighted by Crippen LogP contribution is -1.87. The van der Waals surface area contributed by atoms with Crippen LogP contribution < -0.4 is 0 Å². The zero-order valence-electron chi connectivity index (χ0n) is 6.78. The Bertz CT molecular complexity index is 220. The largest absolute Gasteiger partial charge is 0.0847 e. The Hall–Kier alpha value is -0.520. The first kappa shape index (κ1) is 6.21. The monoisotopic (exact) mass is 134 g/mol. The molecule has 0 aromatic rings. The van der Waals surface area contributed by atoms with Crippen LogP contribution in [0.2, 0.25) is 0 Å². The third-order valence-electron chi connectivity index (χ3n) is 2.70. The van der Waals surface area contributed by atoms with E-state index in [1.807, 2.05) is 0 Å². The predicted octanol–water partition coefficient (Wildman–Crippen LogP) is 3.06. The van der Waals surface area contributed by atoms with Gasteiger partial charge in [0.2, 0.25) is 0 Å². The molecule has 0 amide bonds. The van der Waals surface area contributed by atoms with Gasteiger partial charge in [0, 0.05) is 5.41 Å². The molecule has 0 nitrogen and oxygen atoms in total. The highest BCUT2D eigenvalue weighted by Gasteiger charge is 2.48. The first-order valence-electron chi connectivity index (χ1n) is 4.16. The van der Waals surface area contributed by atoms with Crippen molar-refractivity contribution in [1.82, 2.24) is 0 Å². The van der Waals surface area contributed by atoms with Gasteiger partial charge in [-0.1, -0.05) is 37.1 Å². The molecule has 1 fully saturated rings. The smallest absolute Gasteiger partial charge is 0.0133 e. The van der Waals surface area contributed by atoms with Crippen LogP contribution in [0.3, 0.4) is 0 Å². The van der Waals surface area contributed by atoms with Crippen molar-refractivity contribution in [3.8, 4) is 0 Å². The topological polar surface area (TPSA) is 0 Å². The minimum Gasteiger partial charge on any atom is -0.0847 e. The molecule has 54 valence electrons. The van der Waals surface area contributed by atoms with Crippen molar-refractivity contribution in [1.29, 1.82) is 0 Å². The van der Waals surface area contributed by atoms with Crippen molar-refractivity contribution in [2.45, 2.75) is 33.1 Å². The van der Waals surface area contributed by atoms with Crippen molar-refractivity contribution < 1.29 is 0 Å². The molecule has 0 radical (unpaired) electrons. The van der Waals surface area contributed by atoms with Gasteiger partial charge in [0.1, 0.15) is 0 Å². The Balaban J connectivity index is 2.09. The Kier molecular flexibility index (Phi) is 1.08. The molecule has 0 heterocycles. The highest BCUT2D eigenvalue weighted by molar-refractivity contribution is 5.49. The summed E-state index contributed by atoms with van der Waals surface area (Å²) in [4.78, 5) is 0. The molecule has 0 spiro atoms. The zero-order chi connectivity index (χ0) is 7.19. The van der Waals surface area contributed by atoms with Gasteiger partial charge < -0.3 is 0 Å². The summed E-state index contributed by atoms with van der Waals surface area (Å²) in [6, 6.07) is 0. The van der Waals surface area contributed by atoms with E-state index in [9.17, 15) is 0 Å². The van der Waals surface area contributed by atoms with Crippen LogP contribution in [0.15, 0.2) is 23.3 Å². The molecule has 0 N–H and O–H groups in total. The van der Waals surface area contributed by atoms with Crippen LogP contribution >= 0.6 is 0 Å². The van der Waals surface area contributed by atoms with Gasteiger partial charge in [-0.25, -0.2) is 0 Å². The summed E-state index contributed by atoms with van der Waals surface area (Å²) in [6.07, 6.45) is 8.58. The van der Waals surface area contributed by atoms with Gasteiger partial charge in [0.15, 0.2) is 0 Å². The molecule has 2 aliphatic rings. The Morgan fingerprint density at radius 3 is 2.90 bits per heavy atom. The lowest BCUT2D eigenvalue weighted by molar-refractivity contribution is 0.745. The van der Waals surface area contributed by atoms with Crippen LogP contribution in [0.1, 0.15) is 33.1 Å². The molecular formula is C10H14. The SMILES string of the molecule is CCC=C1CC1(C)C1=CC1. The number of hydrogen-bond acceptors (Lipinski definition) is 0. The van der Waals surface area contributed by atoms with Crippen molar-refractivity contribution in [2.24, 2.45) is 5.41 Å². The Morgan fingerprint density at radius 2 is 2.40 bits per heavy atom. The number of rotatable bonds is 2. The molecule has 0 aromatic heterocycles. The van der Waals surface area contributed by atoms with Crippen molar-refractivity contribution in [2.75, 3.05) is 0 Å². The summed E-state index contributed by atoms with van der Waals surface area (Å²) >= 11 is 0. The average molecular weight is 134 g/mol. The second-order valence-corrected chi connectivity index (χ2v) is 3.58. The standard InChI is InChI=1S/C10H14/c1-3-4-9-7-10(9,2)8-5-6-8/h4-5H,3,6-7H2,1-2H3. The van der Waals surface area contributed by atoms with Crippen molar-refractivity contribution in [3.05, 3.63) is 23.3 Å². The molecule has 0 aromatic carbocycles. The van der Waals surface area contributed by atoms with E-state index < -0.39 is 0 Å². The molecule has 1 saturated carbocycles. The van der Waals surface area contributed by atoms with E-state index in [0.717, 1.165) is 0 Å². The summed E-state index contributed by atoms with van der Waals surface area (Å²) in [6.45, 7) is 4.58. The molecule has 0 aliphatic heterocycles. The third-order valence-corrected chi connectivity index (χ3v) is 2.70. The summed E-state index contributed by atoms with van der Waals surface area (Å²) in [5, 5.41) is 0. The highest BCUT2D eigenvalue weighted by Crippen LogP contribution is 2.61. The average Bonchev–Trinajstić information content (AvgIpc) is 2.67. The van der Waals surface area contributed by atoms with E-state index in [1.165, 1.54) is 19.3 Å². The van der Waals surface area contributed by atoms with E-state index in [4.69, 9.17) is 0 Å². The molecule has 2 rings (SSSR count). The summed E-state index contributed by atoms with van der Waals surface area (Å²) in [5.74, 6) is 0. The summed E-state index contributed by atoms with van der Waals surface area (Å²) in [5.41, 5.74) is 3.92. The van der Waals surface area contributed by atoms with Gasteiger partial charge in [-0.15, -0.1) is 0 Å². The quantitative estimate of drug-likeness (QED) is 0.509. The number of allylic oxidation sites excluding steroid dienone is 4. The molecule has 0 saturated heterocycles. The van der Waals surface area contributed by atoms with Crippen LogP contribution in [0.5, 0.6) is 0 Å². The maximum atomic E-state index is 2.39. The fourth-order valence-corrected chi connectivity index (χ4v) is 1.70. The molecule has 2 aliphatic carbocycles. The van der Waals surface area contributed by atoms with Gasteiger partial charge >= 0.3 is 0 Å². The molecule has 10 heavy (non-hydrogen) atoms. The van der Waals surface area contributed by atoms with Crippen molar-refractivity contribution in [3.63, 3.8) is 0 Å². The summed E-state index contributed by atoms with van der Waals surface area (Å²) in [7, 11) is 0. The predicted molar refractivity (Wildman–Crippen MR) is 43.8 cm³/mol. The Labute approximate surface area is 62.6 Å². The highest BCUT2D eigenvalue weighted by atomic mass is 14.5. The van der Waals surface area contributed by atoms with Crippen LogP contribution in [-0.4, -0.2) is 0 Å². The second-order valence-electron chi connectivity index (χ2n) is 3.58. The van der Waals surface area contributed by atoms with Crippen LogP contribution in [0.4, 0.5) is 0 Å². The Morgan fingerprint density at radius 1 is 1.70 bits per heavy atom. The van der Waals surface area contributed by atoms with Crippen LogP contribution in [0.25, 0.3) is 0 Å². The summed E-state index contributed by atoms with van der Waals surface area (Å²) < 4.78 is 0. The van der Waals surface area contributed by atoms with E-state index in [0.29, 0.717) is 5.41 Å². The molecule has 1 atom stereocenters. The fourth-order valence-electron chi connectivity index (χ4n) is 1.70. The molecule has 1 unspecified atom stereocenters. The van der Waals surface area contributed by atoms with Gasteiger partial charge in [-0.05, 0) is 19.3 Å². The molecular weight excluding hydrogens is 120 g/mol. The third kappa shape index (κ3) is 0.749. The molecule has 0 bridgehead atoms. The lowest BCUT2D eigenvalue weighted by Gasteiger charge is -1.98.